The molecular weight excluding hydrogens is 268 g/mol. The van der Waals surface area contributed by atoms with Crippen molar-refractivity contribution in [1.82, 2.24) is 14.9 Å². The average Bonchev–Trinajstić information content (AvgIpc) is 2.91. The lowest BCUT2D eigenvalue weighted by Gasteiger charge is -2.16. The number of carbonyl (C=O) groups excluding carboxylic acids is 1. The summed E-state index contributed by atoms with van der Waals surface area (Å²) in [5.41, 5.74) is 1.90. The number of anilines is 1. The molecular formula is C15H24N4O2. The number of nitrogens with one attached hydrogen (secondary N) is 1. The second-order valence-corrected chi connectivity index (χ2v) is 5.49. The first-order valence-electron chi connectivity index (χ1n) is 7.45. The predicted molar refractivity (Wildman–Crippen MR) is 81.2 cm³/mol. The largest absolute Gasteiger partial charge is 0.380 e. The molecule has 0 bridgehead atoms. The molecule has 1 aromatic rings. The minimum atomic E-state index is 0.204. The Hall–Kier alpha value is -1.69. The van der Waals surface area contributed by atoms with Gasteiger partial charge in [-0.2, -0.15) is 0 Å². The molecule has 1 aliphatic rings. The second kappa shape index (κ2) is 7.36. The molecule has 1 fully saturated rings. The van der Waals surface area contributed by atoms with Gasteiger partial charge in [-0.05, 0) is 32.8 Å². The maximum atomic E-state index is 12.0. The van der Waals surface area contributed by atoms with Crippen molar-refractivity contribution in [2.45, 2.75) is 39.2 Å². The van der Waals surface area contributed by atoms with Crippen molar-refractivity contribution in [3.63, 3.8) is 0 Å². The third-order valence-electron chi connectivity index (χ3n) is 3.66. The molecule has 1 aromatic heterocycles. The number of rotatable bonds is 6. The minimum Gasteiger partial charge on any atom is -0.380 e. The van der Waals surface area contributed by atoms with Crippen LogP contribution in [0.15, 0.2) is 6.07 Å². The summed E-state index contributed by atoms with van der Waals surface area (Å²) in [6.07, 6.45) is 2.48. The van der Waals surface area contributed by atoms with Gasteiger partial charge in [-0.3, -0.25) is 4.79 Å². The number of hydrogen-bond donors (Lipinski definition) is 1. The summed E-state index contributed by atoms with van der Waals surface area (Å²) < 4.78 is 5.27. The van der Waals surface area contributed by atoms with E-state index in [2.05, 4.69) is 15.3 Å². The van der Waals surface area contributed by atoms with Crippen LogP contribution in [0.2, 0.25) is 0 Å². The molecule has 2 rings (SSSR count). The van der Waals surface area contributed by atoms with E-state index in [0.29, 0.717) is 18.9 Å². The normalized spacial score (nSPS) is 18.0. The first-order chi connectivity index (χ1) is 10.1. The number of ether oxygens (including phenoxy) is 1. The quantitative estimate of drug-likeness (QED) is 0.805. The highest BCUT2D eigenvalue weighted by atomic mass is 16.5. The minimum absolute atomic E-state index is 0.204. The lowest BCUT2D eigenvalue weighted by atomic mass is 10.3. The van der Waals surface area contributed by atoms with Gasteiger partial charge in [0.25, 0.3) is 0 Å². The van der Waals surface area contributed by atoms with E-state index < -0.39 is 0 Å². The maximum Gasteiger partial charge on any atom is 0.223 e. The van der Waals surface area contributed by atoms with Crippen LogP contribution in [-0.4, -0.2) is 53.6 Å². The maximum absolute atomic E-state index is 12.0. The average molecular weight is 292 g/mol. The van der Waals surface area contributed by atoms with Gasteiger partial charge >= 0.3 is 0 Å². The standard InChI is InChI=1S/C15H24N4O2/c1-11-9-12(2)18-15(17-11)16-7-4-5-14(20)19-8-6-13(10-19)21-3/h9,13H,4-8,10H2,1-3H3,(H,16,17,18). The molecule has 21 heavy (non-hydrogen) atoms. The van der Waals surface area contributed by atoms with Crippen LogP contribution < -0.4 is 5.32 Å². The zero-order chi connectivity index (χ0) is 15.2. The molecule has 0 spiro atoms. The fourth-order valence-electron chi connectivity index (χ4n) is 2.55. The second-order valence-electron chi connectivity index (χ2n) is 5.49. The first kappa shape index (κ1) is 15.7. The van der Waals surface area contributed by atoms with Gasteiger partial charge in [0.05, 0.1) is 6.10 Å². The van der Waals surface area contributed by atoms with E-state index in [4.69, 9.17) is 4.74 Å². The van der Waals surface area contributed by atoms with Crippen LogP contribution in [0.1, 0.15) is 30.7 Å². The highest BCUT2D eigenvalue weighted by molar-refractivity contribution is 5.76. The number of aromatic nitrogens is 2. The van der Waals surface area contributed by atoms with Crippen LogP contribution in [0.3, 0.4) is 0 Å². The Labute approximate surface area is 125 Å². The highest BCUT2D eigenvalue weighted by Gasteiger charge is 2.25. The molecule has 6 heteroatoms. The van der Waals surface area contributed by atoms with Crippen molar-refractivity contribution in [2.24, 2.45) is 0 Å². The predicted octanol–water partition coefficient (Wildman–Crippen LogP) is 1.53. The number of methoxy groups -OCH3 is 1. The van der Waals surface area contributed by atoms with E-state index >= 15 is 0 Å². The molecule has 0 aromatic carbocycles. The molecule has 0 aliphatic carbocycles. The topological polar surface area (TPSA) is 67.3 Å². The number of amides is 1. The zero-order valence-electron chi connectivity index (χ0n) is 13.1. The third kappa shape index (κ3) is 4.67. The summed E-state index contributed by atoms with van der Waals surface area (Å²) in [7, 11) is 1.70. The van der Waals surface area contributed by atoms with Crippen molar-refractivity contribution in [2.75, 3.05) is 32.1 Å². The van der Waals surface area contributed by atoms with Crippen molar-refractivity contribution < 1.29 is 9.53 Å². The van der Waals surface area contributed by atoms with Gasteiger partial charge in [0.15, 0.2) is 0 Å². The van der Waals surface area contributed by atoms with Crippen LogP contribution in [0.5, 0.6) is 0 Å². The fourth-order valence-corrected chi connectivity index (χ4v) is 2.55. The van der Waals surface area contributed by atoms with E-state index in [9.17, 15) is 4.79 Å². The van der Waals surface area contributed by atoms with Gasteiger partial charge in [0.1, 0.15) is 0 Å². The van der Waals surface area contributed by atoms with Gasteiger partial charge in [-0.1, -0.05) is 0 Å². The lowest BCUT2D eigenvalue weighted by Crippen LogP contribution is -2.30. The lowest BCUT2D eigenvalue weighted by molar-refractivity contribution is -0.130. The van der Waals surface area contributed by atoms with Gasteiger partial charge in [-0.25, -0.2) is 9.97 Å². The van der Waals surface area contributed by atoms with E-state index in [1.54, 1.807) is 7.11 Å². The van der Waals surface area contributed by atoms with Crippen LogP contribution >= 0.6 is 0 Å². The van der Waals surface area contributed by atoms with Gasteiger partial charge < -0.3 is 15.0 Å². The fraction of sp³-hybridized carbons (Fsp3) is 0.667. The molecule has 6 nitrogen and oxygen atoms in total. The molecule has 1 saturated heterocycles. The summed E-state index contributed by atoms with van der Waals surface area (Å²) in [5, 5.41) is 3.17. The van der Waals surface area contributed by atoms with Crippen LogP contribution in [-0.2, 0) is 9.53 Å². The number of likely N-dealkylation sites (tertiary alicyclic amines) is 1. The molecule has 1 aliphatic heterocycles. The zero-order valence-corrected chi connectivity index (χ0v) is 13.1. The number of aryl methyl sites for hydroxylation is 2. The van der Waals surface area contributed by atoms with Crippen LogP contribution in [0, 0.1) is 13.8 Å². The Bertz CT molecular complexity index is 472. The van der Waals surface area contributed by atoms with Gasteiger partial charge in [-0.15, -0.1) is 0 Å². The molecule has 0 radical (unpaired) electrons. The van der Waals surface area contributed by atoms with Crippen molar-refractivity contribution in [3.8, 4) is 0 Å². The van der Waals surface area contributed by atoms with Gasteiger partial charge in [0.2, 0.25) is 11.9 Å². The Morgan fingerprint density at radius 1 is 1.43 bits per heavy atom. The summed E-state index contributed by atoms with van der Waals surface area (Å²) in [6.45, 7) is 6.13. The van der Waals surface area contributed by atoms with Crippen molar-refractivity contribution in [3.05, 3.63) is 17.5 Å². The molecule has 0 saturated carbocycles. The van der Waals surface area contributed by atoms with Crippen molar-refractivity contribution >= 4 is 11.9 Å². The monoisotopic (exact) mass is 292 g/mol. The Morgan fingerprint density at radius 2 is 2.14 bits per heavy atom. The Balaban J connectivity index is 1.68. The highest BCUT2D eigenvalue weighted by Crippen LogP contribution is 2.13. The summed E-state index contributed by atoms with van der Waals surface area (Å²) in [4.78, 5) is 22.6. The number of nitrogens with zero attached hydrogens (tertiary/aromatic N) is 3. The van der Waals surface area contributed by atoms with Gasteiger partial charge in [0, 0.05) is 44.6 Å². The van der Waals surface area contributed by atoms with E-state index in [0.717, 1.165) is 37.3 Å². The Kier molecular flexibility index (Phi) is 5.50. The van der Waals surface area contributed by atoms with E-state index in [1.165, 1.54) is 0 Å². The number of hydrogen-bond acceptors (Lipinski definition) is 5. The van der Waals surface area contributed by atoms with E-state index in [1.807, 2.05) is 24.8 Å². The third-order valence-corrected chi connectivity index (χ3v) is 3.66. The molecule has 1 unspecified atom stereocenters. The van der Waals surface area contributed by atoms with Crippen LogP contribution in [0.25, 0.3) is 0 Å². The van der Waals surface area contributed by atoms with E-state index in [-0.39, 0.29) is 12.0 Å². The summed E-state index contributed by atoms with van der Waals surface area (Å²) in [5.74, 6) is 0.846. The summed E-state index contributed by atoms with van der Waals surface area (Å²) in [6, 6.07) is 1.94. The SMILES string of the molecule is COC1CCN(C(=O)CCCNc2nc(C)cc(C)n2)C1. The summed E-state index contributed by atoms with van der Waals surface area (Å²) >= 11 is 0. The first-order valence-corrected chi connectivity index (χ1v) is 7.45. The Morgan fingerprint density at radius 3 is 2.76 bits per heavy atom. The smallest absolute Gasteiger partial charge is 0.223 e. The molecule has 1 amide bonds. The number of carbonyl (C=O) groups is 1. The molecule has 1 N–H and O–H groups in total. The molecule has 2 heterocycles. The molecule has 1 atom stereocenters. The van der Waals surface area contributed by atoms with Crippen LogP contribution in [0.4, 0.5) is 5.95 Å². The molecule has 116 valence electrons. The van der Waals surface area contributed by atoms with Crippen molar-refractivity contribution in [1.29, 1.82) is 0 Å².